The molecule has 1 atom stereocenters. The lowest BCUT2D eigenvalue weighted by Gasteiger charge is -2.36. The van der Waals surface area contributed by atoms with Gasteiger partial charge >= 0.3 is 0 Å². The van der Waals surface area contributed by atoms with Gasteiger partial charge in [0.2, 0.25) is 0 Å². The zero-order valence-corrected chi connectivity index (χ0v) is 15.5. The molecule has 2 N–H and O–H groups in total. The van der Waals surface area contributed by atoms with E-state index in [1.807, 2.05) is 36.4 Å². The molecule has 2 aromatic carbocycles. The molecular formula is C20H25ClN2O3. The molecule has 3 rings (SSSR count). The average Bonchev–Trinajstić information content (AvgIpc) is 2.65. The monoisotopic (exact) mass is 376 g/mol. The first kappa shape index (κ1) is 19.0. The smallest absolute Gasteiger partial charge is 0.115 e. The first-order chi connectivity index (χ1) is 12.6. The summed E-state index contributed by atoms with van der Waals surface area (Å²) in [7, 11) is 0. The molecule has 0 radical (unpaired) electrons. The molecule has 0 unspecified atom stereocenters. The number of hydrogen-bond donors (Lipinski definition) is 2. The first-order valence-electron chi connectivity index (χ1n) is 8.87. The zero-order valence-electron chi connectivity index (χ0n) is 14.7. The largest absolute Gasteiger partial charge is 0.508 e. The maximum atomic E-state index is 10.2. The number of halogens is 1. The standard InChI is InChI=1S/C20H25ClN2O3/c21-20-4-2-1-3-16(20)14-26-15-19(25)13-22-9-11-23(12-10-22)17-5-7-18(24)8-6-17/h1-8,19,24-25H,9-15H2/t19-/m1/s1. The average molecular weight is 377 g/mol. The van der Waals surface area contributed by atoms with E-state index >= 15 is 0 Å². The van der Waals surface area contributed by atoms with Crippen LogP contribution >= 0.6 is 11.6 Å². The Labute approximate surface area is 159 Å². The Morgan fingerprint density at radius 2 is 1.69 bits per heavy atom. The molecule has 0 amide bonds. The number of aliphatic hydroxyl groups is 1. The number of rotatable bonds is 7. The molecule has 0 spiro atoms. The Kier molecular flexibility index (Phi) is 6.74. The maximum Gasteiger partial charge on any atom is 0.115 e. The van der Waals surface area contributed by atoms with Crippen LogP contribution in [-0.2, 0) is 11.3 Å². The molecule has 2 aromatic rings. The Bertz CT molecular complexity index is 688. The van der Waals surface area contributed by atoms with E-state index in [0.717, 1.165) is 37.4 Å². The predicted octanol–water partition coefficient (Wildman–Crippen LogP) is 2.75. The van der Waals surface area contributed by atoms with E-state index in [9.17, 15) is 10.2 Å². The normalized spacial score (nSPS) is 16.6. The van der Waals surface area contributed by atoms with E-state index in [1.54, 1.807) is 12.1 Å². The third kappa shape index (κ3) is 5.35. The van der Waals surface area contributed by atoms with Crippen LogP contribution in [0.2, 0.25) is 5.02 Å². The number of nitrogens with zero attached hydrogens (tertiary/aromatic N) is 2. The van der Waals surface area contributed by atoms with Crippen LogP contribution in [0.1, 0.15) is 5.56 Å². The highest BCUT2D eigenvalue weighted by Gasteiger charge is 2.19. The molecule has 1 aliphatic heterocycles. The minimum Gasteiger partial charge on any atom is -0.508 e. The van der Waals surface area contributed by atoms with Gasteiger partial charge in [-0.25, -0.2) is 0 Å². The van der Waals surface area contributed by atoms with Crippen molar-refractivity contribution in [3.8, 4) is 5.75 Å². The molecule has 1 aliphatic rings. The quantitative estimate of drug-likeness (QED) is 0.778. The number of β-amino-alcohol motifs (C(OH)–C–C–N with tert-alkyl or cyclic N) is 1. The van der Waals surface area contributed by atoms with Crippen LogP contribution in [0.3, 0.4) is 0 Å². The Hall–Kier alpha value is -1.79. The first-order valence-corrected chi connectivity index (χ1v) is 9.25. The number of benzene rings is 2. The van der Waals surface area contributed by atoms with E-state index in [2.05, 4.69) is 9.80 Å². The van der Waals surface area contributed by atoms with E-state index in [4.69, 9.17) is 16.3 Å². The van der Waals surface area contributed by atoms with Gasteiger partial charge in [-0.3, -0.25) is 4.90 Å². The highest BCUT2D eigenvalue weighted by molar-refractivity contribution is 6.31. The second-order valence-corrected chi connectivity index (χ2v) is 6.97. The fraction of sp³-hybridized carbons (Fsp3) is 0.400. The van der Waals surface area contributed by atoms with Crippen molar-refractivity contribution in [1.29, 1.82) is 0 Å². The topological polar surface area (TPSA) is 56.2 Å². The van der Waals surface area contributed by atoms with Gasteiger partial charge in [-0.2, -0.15) is 0 Å². The molecule has 6 heteroatoms. The third-order valence-corrected chi connectivity index (χ3v) is 4.95. The zero-order chi connectivity index (χ0) is 18.4. The molecule has 0 aromatic heterocycles. The van der Waals surface area contributed by atoms with Crippen LogP contribution in [0, 0.1) is 0 Å². The van der Waals surface area contributed by atoms with Gasteiger partial charge in [-0.1, -0.05) is 29.8 Å². The van der Waals surface area contributed by atoms with Crippen molar-refractivity contribution in [1.82, 2.24) is 4.90 Å². The van der Waals surface area contributed by atoms with Crippen LogP contribution in [0.25, 0.3) is 0 Å². The molecule has 0 aliphatic carbocycles. The van der Waals surface area contributed by atoms with Crippen LogP contribution in [0.15, 0.2) is 48.5 Å². The lowest BCUT2D eigenvalue weighted by molar-refractivity contribution is 0.00916. The molecule has 1 fully saturated rings. The molecule has 5 nitrogen and oxygen atoms in total. The van der Waals surface area contributed by atoms with Crippen molar-refractivity contribution < 1.29 is 14.9 Å². The SMILES string of the molecule is Oc1ccc(N2CCN(C[C@@H](O)COCc3ccccc3Cl)CC2)cc1. The fourth-order valence-corrected chi connectivity index (χ4v) is 3.31. The minimum atomic E-state index is -0.516. The number of hydrogen-bond acceptors (Lipinski definition) is 5. The number of ether oxygens (including phenoxy) is 1. The second kappa shape index (κ2) is 9.24. The third-order valence-electron chi connectivity index (χ3n) is 4.58. The highest BCUT2D eigenvalue weighted by Crippen LogP contribution is 2.20. The van der Waals surface area contributed by atoms with Crippen LogP contribution in [0.5, 0.6) is 5.75 Å². The van der Waals surface area contributed by atoms with Gasteiger partial charge in [0.15, 0.2) is 0 Å². The summed E-state index contributed by atoms with van der Waals surface area (Å²) >= 11 is 6.10. The Morgan fingerprint density at radius 3 is 2.38 bits per heavy atom. The number of aliphatic hydroxyl groups excluding tert-OH is 1. The van der Waals surface area contributed by atoms with Crippen molar-refractivity contribution >= 4 is 17.3 Å². The van der Waals surface area contributed by atoms with Crippen molar-refractivity contribution in [2.45, 2.75) is 12.7 Å². The Balaban J connectivity index is 1.37. The van der Waals surface area contributed by atoms with Crippen molar-refractivity contribution in [3.05, 3.63) is 59.1 Å². The molecule has 0 saturated carbocycles. The predicted molar refractivity (Wildman–Crippen MR) is 104 cm³/mol. The second-order valence-electron chi connectivity index (χ2n) is 6.56. The number of piperazine rings is 1. The highest BCUT2D eigenvalue weighted by atomic mass is 35.5. The summed E-state index contributed by atoms with van der Waals surface area (Å²) in [6, 6.07) is 14.9. The van der Waals surface area contributed by atoms with Crippen LogP contribution in [0.4, 0.5) is 5.69 Å². The Morgan fingerprint density at radius 1 is 1.00 bits per heavy atom. The van der Waals surface area contributed by atoms with Gasteiger partial charge in [0.1, 0.15) is 5.75 Å². The van der Waals surface area contributed by atoms with E-state index in [0.29, 0.717) is 24.8 Å². The fourth-order valence-electron chi connectivity index (χ4n) is 3.12. The number of phenols is 1. The van der Waals surface area contributed by atoms with Crippen molar-refractivity contribution in [3.63, 3.8) is 0 Å². The number of aromatic hydroxyl groups is 1. The van der Waals surface area contributed by atoms with Gasteiger partial charge in [-0.15, -0.1) is 0 Å². The summed E-state index contributed by atoms with van der Waals surface area (Å²) in [6.07, 6.45) is -0.516. The van der Waals surface area contributed by atoms with E-state index < -0.39 is 6.10 Å². The summed E-state index contributed by atoms with van der Waals surface area (Å²) in [5.74, 6) is 0.285. The van der Waals surface area contributed by atoms with Crippen LogP contribution < -0.4 is 4.90 Å². The number of anilines is 1. The van der Waals surface area contributed by atoms with Gasteiger partial charge in [0.25, 0.3) is 0 Å². The van der Waals surface area contributed by atoms with Gasteiger partial charge in [-0.05, 0) is 35.9 Å². The molecule has 0 bridgehead atoms. The maximum absolute atomic E-state index is 10.2. The van der Waals surface area contributed by atoms with E-state index in [1.165, 1.54) is 0 Å². The lowest BCUT2D eigenvalue weighted by Crippen LogP contribution is -2.49. The lowest BCUT2D eigenvalue weighted by atomic mass is 10.2. The van der Waals surface area contributed by atoms with Gasteiger partial charge < -0.3 is 19.8 Å². The molecule has 1 heterocycles. The van der Waals surface area contributed by atoms with Gasteiger partial charge in [0.05, 0.1) is 19.3 Å². The number of phenolic OH excluding ortho intramolecular Hbond substituents is 1. The summed E-state index contributed by atoms with van der Waals surface area (Å²) in [5.41, 5.74) is 2.05. The van der Waals surface area contributed by atoms with Crippen molar-refractivity contribution in [2.24, 2.45) is 0 Å². The molecule has 26 heavy (non-hydrogen) atoms. The van der Waals surface area contributed by atoms with Crippen LogP contribution in [-0.4, -0.2) is 60.5 Å². The summed E-state index contributed by atoms with van der Waals surface area (Å²) in [6.45, 7) is 4.89. The minimum absolute atomic E-state index is 0.285. The van der Waals surface area contributed by atoms with Crippen molar-refractivity contribution in [2.75, 3.05) is 44.2 Å². The van der Waals surface area contributed by atoms with Gasteiger partial charge in [0, 0.05) is 43.4 Å². The summed E-state index contributed by atoms with van der Waals surface area (Å²) in [5, 5.41) is 20.3. The molecule has 140 valence electrons. The van der Waals surface area contributed by atoms with E-state index in [-0.39, 0.29) is 5.75 Å². The molecule has 1 saturated heterocycles. The summed E-state index contributed by atoms with van der Waals surface area (Å²) < 4.78 is 5.61. The summed E-state index contributed by atoms with van der Waals surface area (Å²) in [4.78, 5) is 4.54. The molecular weight excluding hydrogens is 352 g/mol.